The Morgan fingerprint density at radius 3 is 2.34 bits per heavy atom. The van der Waals surface area contributed by atoms with Gasteiger partial charge in [0.15, 0.2) is 0 Å². The van der Waals surface area contributed by atoms with E-state index in [4.69, 9.17) is 23.2 Å². The second kappa shape index (κ2) is 9.00. The van der Waals surface area contributed by atoms with Gasteiger partial charge in [0.25, 0.3) is 5.91 Å². The minimum absolute atomic E-state index is 0.124. The molecule has 1 saturated heterocycles. The zero-order valence-corrected chi connectivity index (χ0v) is 18.2. The fraction of sp³-hybridized carbons (Fsp3) is 0.217. The first-order valence-electron chi connectivity index (χ1n) is 9.85. The fourth-order valence-electron chi connectivity index (χ4n) is 3.59. The molecule has 1 atom stereocenters. The molecule has 32 heavy (non-hydrogen) atoms. The number of nitrogens with one attached hydrogen (secondary N) is 1. The van der Waals surface area contributed by atoms with E-state index >= 15 is 0 Å². The summed E-state index contributed by atoms with van der Waals surface area (Å²) in [5, 5.41) is 3.91. The van der Waals surface area contributed by atoms with E-state index in [2.05, 4.69) is 10.3 Å². The lowest BCUT2D eigenvalue weighted by molar-refractivity contribution is -0.137. The molecular weight excluding hydrogens is 462 g/mol. The number of aromatic nitrogens is 1. The molecule has 3 aromatic rings. The second-order valence-corrected chi connectivity index (χ2v) is 8.33. The number of amides is 1. The van der Waals surface area contributed by atoms with Crippen LogP contribution in [0.4, 0.5) is 19.0 Å². The third-order valence-corrected chi connectivity index (χ3v) is 6.06. The largest absolute Gasteiger partial charge is 0.417 e. The summed E-state index contributed by atoms with van der Waals surface area (Å²) in [6.07, 6.45) is -2.91. The smallest absolute Gasteiger partial charge is 0.354 e. The van der Waals surface area contributed by atoms with Gasteiger partial charge in [0.1, 0.15) is 5.82 Å². The van der Waals surface area contributed by atoms with E-state index in [1.54, 1.807) is 24.3 Å². The first-order chi connectivity index (χ1) is 15.2. The lowest BCUT2D eigenvalue weighted by Crippen LogP contribution is -2.37. The summed E-state index contributed by atoms with van der Waals surface area (Å²) < 4.78 is 38.1. The molecule has 1 aliphatic rings. The van der Waals surface area contributed by atoms with Crippen molar-refractivity contribution in [1.82, 2.24) is 10.3 Å². The van der Waals surface area contributed by atoms with Crippen molar-refractivity contribution in [3.63, 3.8) is 0 Å². The SMILES string of the molecule is O=C(NC1CCN(c2ccc(C(F)(F)F)cn2)C1)c1ccc(-c2ccc(Cl)c(Cl)c2)cc1. The van der Waals surface area contributed by atoms with E-state index in [1.807, 2.05) is 23.1 Å². The zero-order valence-electron chi connectivity index (χ0n) is 16.7. The van der Waals surface area contributed by atoms with Crippen LogP contribution in [0.2, 0.25) is 10.0 Å². The van der Waals surface area contributed by atoms with Crippen molar-refractivity contribution in [2.45, 2.75) is 18.6 Å². The summed E-state index contributed by atoms with van der Waals surface area (Å²) in [5.74, 6) is 0.249. The van der Waals surface area contributed by atoms with E-state index in [1.165, 1.54) is 6.07 Å². The van der Waals surface area contributed by atoms with E-state index in [9.17, 15) is 18.0 Å². The Hall–Kier alpha value is -2.77. The first kappa shape index (κ1) is 22.4. The van der Waals surface area contributed by atoms with Gasteiger partial charge in [-0.15, -0.1) is 0 Å². The van der Waals surface area contributed by atoms with Crippen LogP contribution in [0.5, 0.6) is 0 Å². The Morgan fingerprint density at radius 1 is 1.00 bits per heavy atom. The highest BCUT2D eigenvalue weighted by Gasteiger charge is 2.31. The van der Waals surface area contributed by atoms with Crippen molar-refractivity contribution in [1.29, 1.82) is 0 Å². The van der Waals surface area contributed by atoms with Crippen molar-refractivity contribution in [3.05, 3.63) is 82.0 Å². The summed E-state index contributed by atoms with van der Waals surface area (Å²) in [7, 11) is 0. The number of hydrogen-bond acceptors (Lipinski definition) is 3. The van der Waals surface area contributed by atoms with Crippen LogP contribution in [0, 0.1) is 0 Å². The molecule has 0 spiro atoms. The summed E-state index contributed by atoms with van der Waals surface area (Å²) in [4.78, 5) is 18.4. The predicted molar refractivity (Wildman–Crippen MR) is 119 cm³/mol. The van der Waals surface area contributed by atoms with Crippen molar-refractivity contribution in [3.8, 4) is 11.1 Å². The predicted octanol–water partition coefficient (Wildman–Crippen LogP) is 6.08. The quantitative estimate of drug-likeness (QED) is 0.492. The summed E-state index contributed by atoms with van der Waals surface area (Å²) in [5.41, 5.74) is 1.52. The Balaban J connectivity index is 1.36. The van der Waals surface area contributed by atoms with Crippen LogP contribution in [-0.4, -0.2) is 30.0 Å². The fourth-order valence-corrected chi connectivity index (χ4v) is 3.88. The molecule has 4 nitrogen and oxygen atoms in total. The summed E-state index contributed by atoms with van der Waals surface area (Å²) in [6, 6.07) is 14.7. The molecule has 0 radical (unpaired) electrons. The third-order valence-electron chi connectivity index (χ3n) is 5.32. The molecule has 0 aliphatic carbocycles. The highest BCUT2D eigenvalue weighted by atomic mass is 35.5. The second-order valence-electron chi connectivity index (χ2n) is 7.51. The van der Waals surface area contributed by atoms with E-state index in [0.717, 1.165) is 23.4 Å². The molecule has 0 bridgehead atoms. The molecule has 2 aromatic carbocycles. The van der Waals surface area contributed by atoms with Crippen molar-refractivity contribution >= 4 is 34.9 Å². The maximum absolute atomic E-state index is 12.7. The topological polar surface area (TPSA) is 45.2 Å². The number of anilines is 1. The van der Waals surface area contributed by atoms with Gasteiger partial charge in [-0.2, -0.15) is 13.2 Å². The number of alkyl halides is 3. The number of nitrogens with zero attached hydrogens (tertiary/aromatic N) is 2. The van der Waals surface area contributed by atoms with Gasteiger partial charge < -0.3 is 10.2 Å². The average molecular weight is 480 g/mol. The van der Waals surface area contributed by atoms with Crippen LogP contribution in [0.1, 0.15) is 22.3 Å². The monoisotopic (exact) mass is 479 g/mol. The summed E-state index contributed by atoms with van der Waals surface area (Å²) in [6.45, 7) is 1.07. The molecule has 1 aliphatic heterocycles. The summed E-state index contributed by atoms with van der Waals surface area (Å²) >= 11 is 12.0. The molecule has 1 amide bonds. The van der Waals surface area contributed by atoms with Crippen LogP contribution in [0.3, 0.4) is 0 Å². The Labute approximate surface area is 193 Å². The minimum atomic E-state index is -4.41. The minimum Gasteiger partial charge on any atom is -0.354 e. The van der Waals surface area contributed by atoms with Crippen LogP contribution in [0.25, 0.3) is 11.1 Å². The maximum atomic E-state index is 12.7. The molecular formula is C23H18Cl2F3N3O. The highest BCUT2D eigenvalue weighted by Crippen LogP contribution is 2.30. The number of halogens is 5. The molecule has 9 heteroatoms. The Kier molecular flexibility index (Phi) is 6.31. The van der Waals surface area contributed by atoms with Crippen molar-refractivity contribution in [2.75, 3.05) is 18.0 Å². The Bertz CT molecular complexity index is 1120. The van der Waals surface area contributed by atoms with Gasteiger partial charge in [0, 0.05) is 30.9 Å². The molecule has 4 rings (SSSR count). The number of carbonyl (C=O) groups is 1. The lowest BCUT2D eigenvalue weighted by Gasteiger charge is -2.18. The normalized spacial score (nSPS) is 16.3. The standard InChI is InChI=1S/C23H18Cl2F3N3O/c24-19-7-5-16(11-20(19)25)14-1-3-15(4-2-14)22(32)30-18-9-10-31(13-18)21-8-6-17(12-29-21)23(26,27)28/h1-8,11-12,18H,9-10,13H2,(H,30,32). The van der Waals surface area contributed by atoms with Crippen molar-refractivity contribution < 1.29 is 18.0 Å². The van der Waals surface area contributed by atoms with Gasteiger partial charge in [-0.3, -0.25) is 4.79 Å². The zero-order chi connectivity index (χ0) is 22.9. The van der Waals surface area contributed by atoms with Crippen LogP contribution < -0.4 is 10.2 Å². The van der Waals surface area contributed by atoms with Gasteiger partial charge in [-0.25, -0.2) is 4.98 Å². The van der Waals surface area contributed by atoms with E-state index < -0.39 is 11.7 Å². The van der Waals surface area contributed by atoms with Gasteiger partial charge in [-0.05, 0) is 53.9 Å². The first-order valence-corrected chi connectivity index (χ1v) is 10.6. The average Bonchev–Trinajstić information content (AvgIpc) is 3.24. The van der Waals surface area contributed by atoms with E-state index in [0.29, 0.717) is 40.9 Å². The number of carbonyl (C=O) groups excluding carboxylic acids is 1. The number of benzene rings is 2. The number of rotatable bonds is 4. The van der Waals surface area contributed by atoms with Gasteiger partial charge >= 0.3 is 6.18 Å². The lowest BCUT2D eigenvalue weighted by atomic mass is 10.0. The van der Waals surface area contributed by atoms with Gasteiger partial charge in [0.05, 0.1) is 15.6 Å². The van der Waals surface area contributed by atoms with E-state index in [-0.39, 0.29) is 11.9 Å². The van der Waals surface area contributed by atoms with Crippen LogP contribution in [0.15, 0.2) is 60.8 Å². The third kappa shape index (κ3) is 5.00. The molecule has 1 fully saturated rings. The highest BCUT2D eigenvalue weighted by molar-refractivity contribution is 6.42. The molecule has 166 valence electrons. The molecule has 0 saturated carbocycles. The number of pyridine rings is 1. The molecule has 1 aromatic heterocycles. The maximum Gasteiger partial charge on any atom is 0.417 e. The molecule has 1 unspecified atom stereocenters. The molecule has 1 N–H and O–H groups in total. The van der Waals surface area contributed by atoms with Crippen LogP contribution in [-0.2, 0) is 6.18 Å². The van der Waals surface area contributed by atoms with Crippen LogP contribution >= 0.6 is 23.2 Å². The van der Waals surface area contributed by atoms with Gasteiger partial charge in [-0.1, -0.05) is 41.4 Å². The number of hydrogen-bond donors (Lipinski definition) is 1. The molecule has 2 heterocycles. The van der Waals surface area contributed by atoms with Crippen molar-refractivity contribution in [2.24, 2.45) is 0 Å². The van der Waals surface area contributed by atoms with Gasteiger partial charge in [0.2, 0.25) is 0 Å². The Morgan fingerprint density at radius 2 is 1.72 bits per heavy atom.